The number of hydrogen-bond acceptors (Lipinski definition) is 8. The van der Waals surface area contributed by atoms with Gasteiger partial charge in [0.15, 0.2) is 0 Å². The van der Waals surface area contributed by atoms with Crippen LogP contribution < -0.4 is 0 Å². The van der Waals surface area contributed by atoms with E-state index in [0.717, 1.165) is 12.8 Å². The van der Waals surface area contributed by atoms with E-state index in [1.165, 1.54) is 32.8 Å². The van der Waals surface area contributed by atoms with E-state index in [0.29, 0.717) is 59.3 Å². The molecule has 0 fully saturated rings. The maximum absolute atomic E-state index is 11.5. The lowest BCUT2D eigenvalue weighted by molar-refractivity contribution is -0.145. The first kappa shape index (κ1) is 27.8. The molecule has 0 aromatic rings. The summed E-state index contributed by atoms with van der Waals surface area (Å²) in [7, 11) is 1.35. The molecule has 0 amide bonds. The fourth-order valence-corrected chi connectivity index (χ4v) is 2.36. The quantitative estimate of drug-likeness (QED) is 0.195. The van der Waals surface area contributed by atoms with Crippen LogP contribution in [-0.2, 0) is 38.0 Å². The highest BCUT2D eigenvalue weighted by Gasteiger charge is 2.02. The average molecular weight is 421 g/mol. The molecule has 0 spiro atoms. The molecule has 0 aliphatic heterocycles. The number of hydrogen-bond donors (Lipinski definition) is 0. The molecule has 0 rings (SSSR count). The van der Waals surface area contributed by atoms with E-state index in [1.807, 2.05) is 0 Å². The van der Waals surface area contributed by atoms with E-state index in [1.54, 1.807) is 0 Å². The van der Waals surface area contributed by atoms with Gasteiger partial charge in [-0.05, 0) is 6.42 Å². The molecular weight excluding hydrogens is 380 g/mol. The summed E-state index contributed by atoms with van der Waals surface area (Å²) in [5, 5.41) is 0. The number of methoxy groups -OCH3 is 1. The summed E-state index contributed by atoms with van der Waals surface area (Å²) < 4.78 is 30.9. The Morgan fingerprint density at radius 2 is 1.03 bits per heavy atom. The standard InChI is InChI=1S/C21H40O8/c1-3-4-5-6-7-8-9-21(23)29-19-18-28-17-16-27-15-14-26-13-12-25-11-10-20(22)24-2/h3-19H2,1-2H3. The van der Waals surface area contributed by atoms with Crippen LogP contribution in [0.1, 0.15) is 58.3 Å². The van der Waals surface area contributed by atoms with E-state index in [-0.39, 0.29) is 25.0 Å². The zero-order chi connectivity index (χ0) is 21.4. The molecule has 0 aliphatic rings. The Morgan fingerprint density at radius 3 is 1.59 bits per heavy atom. The van der Waals surface area contributed by atoms with Crippen molar-refractivity contribution in [1.29, 1.82) is 0 Å². The molecule has 29 heavy (non-hydrogen) atoms. The Bertz CT molecular complexity index is 376. The zero-order valence-electron chi connectivity index (χ0n) is 18.3. The molecule has 0 saturated heterocycles. The van der Waals surface area contributed by atoms with Crippen LogP contribution in [0.15, 0.2) is 0 Å². The Morgan fingerprint density at radius 1 is 0.552 bits per heavy atom. The van der Waals surface area contributed by atoms with Gasteiger partial charge < -0.3 is 28.4 Å². The van der Waals surface area contributed by atoms with Crippen LogP contribution in [0.25, 0.3) is 0 Å². The molecule has 0 atom stereocenters. The second-order valence-corrected chi connectivity index (χ2v) is 6.51. The summed E-state index contributed by atoms with van der Waals surface area (Å²) in [6.45, 7) is 5.92. The van der Waals surface area contributed by atoms with Crippen molar-refractivity contribution in [3.05, 3.63) is 0 Å². The summed E-state index contributed by atoms with van der Waals surface area (Å²) in [6.07, 6.45) is 7.68. The van der Waals surface area contributed by atoms with E-state index in [4.69, 9.17) is 23.7 Å². The number of esters is 2. The minimum absolute atomic E-state index is 0.147. The van der Waals surface area contributed by atoms with E-state index < -0.39 is 0 Å². The largest absolute Gasteiger partial charge is 0.469 e. The van der Waals surface area contributed by atoms with Crippen molar-refractivity contribution in [2.75, 3.05) is 66.6 Å². The molecule has 0 bridgehead atoms. The lowest BCUT2D eigenvalue weighted by Crippen LogP contribution is -2.14. The molecule has 0 aliphatic carbocycles. The third-order valence-corrected chi connectivity index (χ3v) is 4.02. The highest BCUT2D eigenvalue weighted by atomic mass is 16.6. The van der Waals surface area contributed by atoms with Gasteiger partial charge in [0.25, 0.3) is 0 Å². The van der Waals surface area contributed by atoms with Crippen LogP contribution >= 0.6 is 0 Å². The number of carbonyl (C=O) groups excluding carboxylic acids is 2. The van der Waals surface area contributed by atoms with Crippen LogP contribution in [-0.4, -0.2) is 78.5 Å². The smallest absolute Gasteiger partial charge is 0.307 e. The second kappa shape index (κ2) is 23.1. The van der Waals surface area contributed by atoms with E-state index in [2.05, 4.69) is 11.7 Å². The topological polar surface area (TPSA) is 89.5 Å². The number of ether oxygens (including phenoxy) is 6. The molecule has 0 unspecified atom stereocenters. The SMILES string of the molecule is CCCCCCCCC(=O)OCCOCCOCCOCCOCCC(=O)OC. The highest BCUT2D eigenvalue weighted by molar-refractivity contribution is 5.69. The first-order valence-electron chi connectivity index (χ1n) is 10.7. The summed E-state index contributed by atoms with van der Waals surface area (Å²) in [5.41, 5.74) is 0. The third kappa shape index (κ3) is 22.9. The monoisotopic (exact) mass is 420 g/mol. The van der Waals surface area contributed by atoms with Gasteiger partial charge in [-0.15, -0.1) is 0 Å². The van der Waals surface area contributed by atoms with Gasteiger partial charge in [-0.25, -0.2) is 0 Å². The lowest BCUT2D eigenvalue weighted by Gasteiger charge is -2.08. The Kier molecular flexibility index (Phi) is 22.1. The lowest BCUT2D eigenvalue weighted by atomic mass is 10.1. The van der Waals surface area contributed by atoms with E-state index >= 15 is 0 Å². The molecule has 0 saturated carbocycles. The highest BCUT2D eigenvalue weighted by Crippen LogP contribution is 2.07. The normalized spacial score (nSPS) is 10.8. The number of carbonyl (C=O) groups is 2. The maximum atomic E-state index is 11.5. The van der Waals surface area contributed by atoms with Crippen LogP contribution in [0.5, 0.6) is 0 Å². The fraction of sp³-hybridized carbons (Fsp3) is 0.905. The summed E-state index contributed by atoms with van der Waals surface area (Å²) in [5.74, 6) is -0.431. The molecule has 8 heteroatoms. The van der Waals surface area contributed by atoms with Crippen LogP contribution in [0.4, 0.5) is 0 Å². The first-order chi connectivity index (χ1) is 14.2. The zero-order valence-corrected chi connectivity index (χ0v) is 18.3. The predicted octanol–water partition coefficient (Wildman–Crippen LogP) is 2.91. The van der Waals surface area contributed by atoms with Gasteiger partial charge in [-0.1, -0.05) is 39.0 Å². The van der Waals surface area contributed by atoms with Gasteiger partial charge in [0.2, 0.25) is 0 Å². The summed E-state index contributed by atoms with van der Waals surface area (Å²) >= 11 is 0. The van der Waals surface area contributed by atoms with Crippen LogP contribution in [0.2, 0.25) is 0 Å². The van der Waals surface area contributed by atoms with Crippen LogP contribution in [0.3, 0.4) is 0 Å². The van der Waals surface area contributed by atoms with Gasteiger partial charge in [-0.3, -0.25) is 9.59 Å². The molecule has 172 valence electrons. The third-order valence-electron chi connectivity index (χ3n) is 4.02. The fourth-order valence-electron chi connectivity index (χ4n) is 2.36. The Balaban J connectivity index is 3.14. The van der Waals surface area contributed by atoms with Crippen LogP contribution in [0, 0.1) is 0 Å². The first-order valence-corrected chi connectivity index (χ1v) is 10.7. The van der Waals surface area contributed by atoms with Crippen molar-refractivity contribution in [1.82, 2.24) is 0 Å². The van der Waals surface area contributed by atoms with Gasteiger partial charge in [0.1, 0.15) is 6.61 Å². The van der Waals surface area contributed by atoms with Crippen molar-refractivity contribution >= 4 is 11.9 Å². The van der Waals surface area contributed by atoms with Crippen molar-refractivity contribution in [3.63, 3.8) is 0 Å². The molecule has 0 radical (unpaired) electrons. The Labute approximate surface area is 175 Å². The van der Waals surface area contributed by atoms with Crippen molar-refractivity contribution in [3.8, 4) is 0 Å². The second-order valence-electron chi connectivity index (χ2n) is 6.51. The van der Waals surface area contributed by atoms with Crippen molar-refractivity contribution < 1.29 is 38.0 Å². The average Bonchev–Trinajstić information content (AvgIpc) is 2.73. The minimum Gasteiger partial charge on any atom is -0.469 e. The molecule has 0 heterocycles. The summed E-state index contributed by atoms with van der Waals surface area (Å²) in [4.78, 5) is 22.4. The van der Waals surface area contributed by atoms with E-state index in [9.17, 15) is 9.59 Å². The maximum Gasteiger partial charge on any atom is 0.307 e. The van der Waals surface area contributed by atoms with Crippen molar-refractivity contribution in [2.24, 2.45) is 0 Å². The number of unbranched alkanes of at least 4 members (excludes halogenated alkanes) is 5. The van der Waals surface area contributed by atoms with Gasteiger partial charge in [-0.2, -0.15) is 0 Å². The Hall–Kier alpha value is -1.22. The molecule has 8 nitrogen and oxygen atoms in total. The molecule has 0 aromatic carbocycles. The summed E-state index contributed by atoms with van der Waals surface area (Å²) in [6, 6.07) is 0. The molecular formula is C21H40O8. The minimum atomic E-state index is -0.284. The predicted molar refractivity (Wildman–Crippen MR) is 109 cm³/mol. The van der Waals surface area contributed by atoms with Gasteiger partial charge in [0.05, 0.1) is 66.4 Å². The van der Waals surface area contributed by atoms with Gasteiger partial charge >= 0.3 is 11.9 Å². The van der Waals surface area contributed by atoms with Gasteiger partial charge in [0, 0.05) is 6.42 Å². The number of rotatable bonds is 22. The molecule has 0 aromatic heterocycles. The molecule has 0 N–H and O–H groups in total. The van der Waals surface area contributed by atoms with Crippen molar-refractivity contribution in [2.45, 2.75) is 58.3 Å².